The second kappa shape index (κ2) is 7.02. The molecule has 1 N–H and O–H groups in total. The van der Waals surface area contributed by atoms with Crippen molar-refractivity contribution in [2.24, 2.45) is 5.92 Å². The smallest absolute Gasteiger partial charge is 0.0897 e. The summed E-state index contributed by atoms with van der Waals surface area (Å²) in [7, 11) is 2.06. The minimum atomic E-state index is 0.572. The van der Waals surface area contributed by atoms with Crippen LogP contribution in [0, 0.1) is 12.8 Å². The number of hydrogen-bond donors (Lipinski definition) is 1. The number of thiazole rings is 1. The Morgan fingerprint density at radius 3 is 2.75 bits per heavy atom. The van der Waals surface area contributed by atoms with Gasteiger partial charge in [0.15, 0.2) is 0 Å². The maximum atomic E-state index is 4.53. The van der Waals surface area contributed by atoms with Crippen molar-refractivity contribution in [2.75, 3.05) is 7.05 Å². The summed E-state index contributed by atoms with van der Waals surface area (Å²) in [6, 6.07) is 0.572. The monoisotopic (exact) mass is 240 g/mol. The molecule has 1 rings (SSSR count). The van der Waals surface area contributed by atoms with Crippen LogP contribution in [0.1, 0.15) is 43.8 Å². The highest BCUT2D eigenvalue weighted by molar-refractivity contribution is 7.09. The van der Waals surface area contributed by atoms with Gasteiger partial charge in [-0.3, -0.25) is 0 Å². The molecule has 0 aliphatic rings. The molecule has 0 amide bonds. The summed E-state index contributed by atoms with van der Waals surface area (Å²) in [5.74, 6) is 0.808. The van der Waals surface area contributed by atoms with Crippen LogP contribution >= 0.6 is 11.3 Å². The summed E-state index contributed by atoms with van der Waals surface area (Å²) in [4.78, 5) is 4.53. The fraction of sp³-hybridized carbons (Fsp3) is 0.769. The highest BCUT2D eigenvalue weighted by atomic mass is 32.1. The Balaban J connectivity index is 2.42. The number of nitrogens with zero attached hydrogens (tertiary/aromatic N) is 1. The molecule has 92 valence electrons. The van der Waals surface area contributed by atoms with E-state index in [-0.39, 0.29) is 0 Å². The molecule has 3 heteroatoms. The first-order valence-corrected chi connectivity index (χ1v) is 7.12. The zero-order chi connectivity index (χ0) is 12.0. The molecule has 1 aromatic rings. The van der Waals surface area contributed by atoms with Crippen LogP contribution in [-0.2, 0) is 6.42 Å². The van der Waals surface area contributed by atoms with E-state index in [1.807, 2.05) is 0 Å². The predicted octanol–water partition coefficient (Wildman–Crippen LogP) is 3.41. The van der Waals surface area contributed by atoms with Gasteiger partial charge in [0.05, 0.1) is 10.7 Å². The third kappa shape index (κ3) is 4.62. The predicted molar refractivity (Wildman–Crippen MR) is 72.1 cm³/mol. The Bertz CT molecular complexity index is 296. The van der Waals surface area contributed by atoms with Crippen molar-refractivity contribution in [1.29, 1.82) is 0 Å². The van der Waals surface area contributed by atoms with E-state index in [4.69, 9.17) is 0 Å². The van der Waals surface area contributed by atoms with Crippen molar-refractivity contribution < 1.29 is 0 Å². The molecule has 0 radical (unpaired) electrons. The fourth-order valence-electron chi connectivity index (χ4n) is 2.15. The molecule has 1 aromatic heterocycles. The molecule has 0 spiro atoms. The van der Waals surface area contributed by atoms with E-state index in [2.05, 4.69) is 43.5 Å². The van der Waals surface area contributed by atoms with Crippen LogP contribution in [0.3, 0.4) is 0 Å². The molecule has 2 atom stereocenters. The molecule has 0 aliphatic heterocycles. The lowest BCUT2D eigenvalue weighted by Crippen LogP contribution is -2.29. The van der Waals surface area contributed by atoms with E-state index in [0.717, 1.165) is 12.3 Å². The summed E-state index contributed by atoms with van der Waals surface area (Å²) < 4.78 is 0. The summed E-state index contributed by atoms with van der Waals surface area (Å²) in [6.45, 7) is 6.68. The van der Waals surface area contributed by atoms with Crippen molar-refractivity contribution in [3.63, 3.8) is 0 Å². The van der Waals surface area contributed by atoms with Crippen LogP contribution in [0.25, 0.3) is 0 Å². The summed E-state index contributed by atoms with van der Waals surface area (Å²) in [5, 5.41) is 6.77. The van der Waals surface area contributed by atoms with Gasteiger partial charge in [-0.2, -0.15) is 0 Å². The van der Waals surface area contributed by atoms with E-state index in [1.165, 1.54) is 30.0 Å². The third-order valence-corrected chi connectivity index (χ3v) is 3.82. The largest absolute Gasteiger partial charge is 0.317 e. The van der Waals surface area contributed by atoms with Gasteiger partial charge in [0.1, 0.15) is 0 Å². The zero-order valence-corrected chi connectivity index (χ0v) is 11.7. The van der Waals surface area contributed by atoms with Gasteiger partial charge in [-0.05, 0) is 26.3 Å². The number of rotatable bonds is 7. The minimum Gasteiger partial charge on any atom is -0.317 e. The Kier molecular flexibility index (Phi) is 5.99. The first-order valence-electron chi connectivity index (χ1n) is 6.24. The standard InChI is InChI=1S/C13H24N2S/c1-5-6-10(2)7-12(14-4)8-13-9-16-11(3)15-13/h9-10,12,14H,5-8H2,1-4H3. The second-order valence-corrected chi connectivity index (χ2v) is 5.74. The van der Waals surface area contributed by atoms with E-state index in [1.54, 1.807) is 11.3 Å². The van der Waals surface area contributed by atoms with E-state index < -0.39 is 0 Å². The van der Waals surface area contributed by atoms with Crippen LogP contribution in [0.2, 0.25) is 0 Å². The van der Waals surface area contributed by atoms with Gasteiger partial charge in [0.2, 0.25) is 0 Å². The first-order chi connectivity index (χ1) is 7.65. The van der Waals surface area contributed by atoms with Crippen molar-refractivity contribution in [1.82, 2.24) is 10.3 Å². The molecule has 0 aromatic carbocycles. The van der Waals surface area contributed by atoms with Gasteiger partial charge < -0.3 is 5.32 Å². The Hall–Kier alpha value is -0.410. The molecular weight excluding hydrogens is 216 g/mol. The molecule has 0 saturated carbocycles. The molecule has 0 bridgehead atoms. The average molecular weight is 240 g/mol. The van der Waals surface area contributed by atoms with Crippen molar-refractivity contribution >= 4 is 11.3 Å². The lowest BCUT2D eigenvalue weighted by atomic mass is 9.95. The topological polar surface area (TPSA) is 24.9 Å². The van der Waals surface area contributed by atoms with Gasteiger partial charge in [-0.25, -0.2) is 4.98 Å². The summed E-state index contributed by atoms with van der Waals surface area (Å²) in [5.41, 5.74) is 1.24. The molecule has 16 heavy (non-hydrogen) atoms. The Labute approximate surface area is 103 Å². The van der Waals surface area contributed by atoms with Crippen molar-refractivity contribution in [3.05, 3.63) is 16.1 Å². The fourth-order valence-corrected chi connectivity index (χ4v) is 2.78. The van der Waals surface area contributed by atoms with Crippen molar-refractivity contribution in [2.45, 2.75) is 52.5 Å². The molecule has 2 unspecified atom stereocenters. The van der Waals surface area contributed by atoms with Crippen LogP contribution in [0.15, 0.2) is 5.38 Å². The normalized spacial score (nSPS) is 15.0. The van der Waals surface area contributed by atoms with Gasteiger partial charge in [0, 0.05) is 17.8 Å². The Morgan fingerprint density at radius 2 is 2.25 bits per heavy atom. The zero-order valence-electron chi connectivity index (χ0n) is 10.9. The summed E-state index contributed by atoms with van der Waals surface area (Å²) >= 11 is 1.75. The van der Waals surface area contributed by atoms with E-state index in [0.29, 0.717) is 6.04 Å². The third-order valence-electron chi connectivity index (χ3n) is 3.00. The molecule has 0 fully saturated rings. The van der Waals surface area contributed by atoms with E-state index >= 15 is 0 Å². The SMILES string of the molecule is CCCC(C)CC(Cc1csc(C)n1)NC. The quantitative estimate of drug-likeness (QED) is 0.790. The number of hydrogen-bond acceptors (Lipinski definition) is 3. The number of likely N-dealkylation sites (N-methyl/N-ethyl adjacent to an activating group) is 1. The van der Waals surface area contributed by atoms with E-state index in [9.17, 15) is 0 Å². The molecule has 2 nitrogen and oxygen atoms in total. The summed E-state index contributed by atoms with van der Waals surface area (Å²) in [6.07, 6.45) is 4.93. The number of nitrogens with one attached hydrogen (secondary N) is 1. The number of aromatic nitrogens is 1. The second-order valence-electron chi connectivity index (χ2n) is 4.68. The maximum Gasteiger partial charge on any atom is 0.0897 e. The molecule has 0 saturated heterocycles. The average Bonchev–Trinajstić information content (AvgIpc) is 2.63. The van der Waals surface area contributed by atoms with Crippen LogP contribution in [0.4, 0.5) is 0 Å². The molecule has 0 aliphatic carbocycles. The lowest BCUT2D eigenvalue weighted by Gasteiger charge is -2.19. The lowest BCUT2D eigenvalue weighted by molar-refractivity contribution is 0.395. The highest BCUT2D eigenvalue weighted by Crippen LogP contribution is 2.16. The molecule has 1 heterocycles. The van der Waals surface area contributed by atoms with Crippen LogP contribution < -0.4 is 5.32 Å². The first kappa shape index (κ1) is 13.7. The van der Waals surface area contributed by atoms with Crippen molar-refractivity contribution in [3.8, 4) is 0 Å². The van der Waals surface area contributed by atoms with Gasteiger partial charge >= 0.3 is 0 Å². The molecular formula is C13H24N2S. The Morgan fingerprint density at radius 1 is 1.50 bits per heavy atom. The van der Waals surface area contributed by atoms with Gasteiger partial charge in [-0.15, -0.1) is 11.3 Å². The van der Waals surface area contributed by atoms with Crippen LogP contribution in [0.5, 0.6) is 0 Å². The maximum absolute atomic E-state index is 4.53. The van der Waals surface area contributed by atoms with Gasteiger partial charge in [-0.1, -0.05) is 26.7 Å². The minimum absolute atomic E-state index is 0.572. The highest BCUT2D eigenvalue weighted by Gasteiger charge is 2.13. The number of aryl methyl sites for hydroxylation is 1. The van der Waals surface area contributed by atoms with Crippen LogP contribution in [-0.4, -0.2) is 18.1 Å². The van der Waals surface area contributed by atoms with Gasteiger partial charge in [0.25, 0.3) is 0 Å².